The largest absolute Gasteiger partial charge is 0.417 e. The number of alkyl halides is 3. The summed E-state index contributed by atoms with van der Waals surface area (Å²) in [7, 11) is 1.61. The van der Waals surface area contributed by atoms with Gasteiger partial charge in [0.2, 0.25) is 0 Å². The third kappa shape index (κ3) is 4.32. The van der Waals surface area contributed by atoms with Gasteiger partial charge >= 0.3 is 6.18 Å². The normalized spacial score (nSPS) is 11.4. The van der Waals surface area contributed by atoms with Crippen molar-refractivity contribution in [3.63, 3.8) is 0 Å². The Morgan fingerprint density at radius 3 is 2.42 bits per heavy atom. The van der Waals surface area contributed by atoms with Crippen molar-refractivity contribution in [2.75, 3.05) is 5.32 Å². The average molecular weight is 422 g/mol. The first kappa shape index (κ1) is 20.3. The molecule has 2 aromatic heterocycles. The summed E-state index contributed by atoms with van der Waals surface area (Å²) in [5.74, 6) is -0.250. The molecule has 2 heterocycles. The van der Waals surface area contributed by atoms with Crippen molar-refractivity contribution in [3.8, 4) is 22.4 Å². The first-order valence-corrected chi connectivity index (χ1v) is 9.36. The van der Waals surface area contributed by atoms with Crippen LogP contribution in [0.15, 0.2) is 79.1 Å². The van der Waals surface area contributed by atoms with Crippen molar-refractivity contribution < 1.29 is 18.0 Å². The second kappa shape index (κ2) is 8.06. The fourth-order valence-corrected chi connectivity index (χ4v) is 3.24. The fraction of sp³-hybridized carbons (Fsp3) is 0.0870. The predicted octanol–water partition coefficient (Wildman–Crippen LogP) is 5.42. The third-order valence-electron chi connectivity index (χ3n) is 4.70. The van der Waals surface area contributed by atoms with E-state index >= 15 is 0 Å². The van der Waals surface area contributed by atoms with Crippen LogP contribution >= 0.6 is 0 Å². The fourth-order valence-electron chi connectivity index (χ4n) is 3.24. The number of rotatable bonds is 4. The summed E-state index contributed by atoms with van der Waals surface area (Å²) in [6.45, 7) is 0. The van der Waals surface area contributed by atoms with E-state index < -0.39 is 17.6 Å². The highest BCUT2D eigenvalue weighted by Gasteiger charge is 2.34. The van der Waals surface area contributed by atoms with Crippen LogP contribution in [0.4, 0.5) is 19.0 Å². The van der Waals surface area contributed by atoms with Gasteiger partial charge in [-0.1, -0.05) is 30.3 Å². The molecule has 31 heavy (non-hydrogen) atoms. The van der Waals surface area contributed by atoms with Crippen LogP contribution in [0.3, 0.4) is 0 Å². The van der Waals surface area contributed by atoms with Crippen LogP contribution in [0.5, 0.6) is 0 Å². The first-order valence-electron chi connectivity index (χ1n) is 9.36. The molecule has 1 N–H and O–H groups in total. The molecule has 0 aliphatic carbocycles. The van der Waals surface area contributed by atoms with Crippen LogP contribution in [0, 0.1) is 0 Å². The minimum Gasteiger partial charge on any atom is -0.306 e. The van der Waals surface area contributed by atoms with Crippen molar-refractivity contribution in [1.29, 1.82) is 0 Å². The number of halogens is 3. The van der Waals surface area contributed by atoms with Gasteiger partial charge in [0.15, 0.2) is 0 Å². The number of carbonyl (C=O) groups is 1. The van der Waals surface area contributed by atoms with E-state index in [9.17, 15) is 18.0 Å². The maximum atomic E-state index is 13.5. The molecule has 1 amide bonds. The quantitative estimate of drug-likeness (QED) is 0.478. The van der Waals surface area contributed by atoms with Gasteiger partial charge in [0.25, 0.3) is 5.91 Å². The molecule has 0 aliphatic heterocycles. The van der Waals surface area contributed by atoms with Gasteiger partial charge in [-0.05, 0) is 42.0 Å². The van der Waals surface area contributed by atoms with Crippen LogP contribution in [0.2, 0.25) is 0 Å². The van der Waals surface area contributed by atoms with E-state index in [1.165, 1.54) is 23.0 Å². The van der Waals surface area contributed by atoms with Gasteiger partial charge in [-0.3, -0.25) is 9.48 Å². The number of carbonyl (C=O) groups excluding carboxylic acids is 1. The van der Waals surface area contributed by atoms with E-state index in [2.05, 4.69) is 15.4 Å². The maximum absolute atomic E-state index is 13.5. The number of nitrogens with zero attached hydrogens (tertiary/aromatic N) is 3. The number of amides is 1. The number of aromatic nitrogens is 3. The minimum atomic E-state index is -4.58. The Morgan fingerprint density at radius 2 is 1.74 bits per heavy atom. The molecule has 156 valence electrons. The zero-order valence-corrected chi connectivity index (χ0v) is 16.4. The molecule has 0 fully saturated rings. The van der Waals surface area contributed by atoms with Crippen LogP contribution in [0.1, 0.15) is 15.9 Å². The highest BCUT2D eigenvalue weighted by atomic mass is 19.4. The lowest BCUT2D eigenvalue weighted by Gasteiger charge is -2.14. The van der Waals surface area contributed by atoms with Gasteiger partial charge in [-0.25, -0.2) is 4.98 Å². The lowest BCUT2D eigenvalue weighted by Crippen LogP contribution is -2.15. The van der Waals surface area contributed by atoms with E-state index in [0.717, 1.165) is 17.7 Å². The van der Waals surface area contributed by atoms with E-state index in [-0.39, 0.29) is 16.8 Å². The van der Waals surface area contributed by atoms with E-state index in [0.29, 0.717) is 11.4 Å². The molecule has 0 saturated carbocycles. The second-order valence-electron chi connectivity index (χ2n) is 6.85. The van der Waals surface area contributed by atoms with Crippen molar-refractivity contribution in [3.05, 3.63) is 90.3 Å². The summed E-state index contributed by atoms with van der Waals surface area (Å²) < 4.78 is 42.0. The molecule has 2 aromatic carbocycles. The Morgan fingerprint density at radius 1 is 0.968 bits per heavy atom. The number of aryl methyl sites for hydroxylation is 1. The molecule has 4 aromatic rings. The van der Waals surface area contributed by atoms with Gasteiger partial charge in [0.1, 0.15) is 5.82 Å². The number of anilines is 1. The van der Waals surface area contributed by atoms with Crippen molar-refractivity contribution in [2.45, 2.75) is 6.18 Å². The van der Waals surface area contributed by atoms with Gasteiger partial charge in [0, 0.05) is 36.1 Å². The number of hydrogen-bond acceptors (Lipinski definition) is 3. The van der Waals surface area contributed by atoms with E-state index in [1.807, 2.05) is 36.4 Å². The summed E-state index contributed by atoms with van der Waals surface area (Å²) in [4.78, 5) is 17.1. The molecule has 0 aliphatic rings. The Kier molecular flexibility index (Phi) is 5.29. The zero-order chi connectivity index (χ0) is 22.0. The molecule has 0 unspecified atom stereocenters. The Labute approximate surface area is 176 Å². The first-order chi connectivity index (χ1) is 14.8. The Balaban J connectivity index is 1.71. The summed E-state index contributed by atoms with van der Waals surface area (Å²) in [5.41, 5.74) is 0.738. The summed E-state index contributed by atoms with van der Waals surface area (Å²) >= 11 is 0. The average Bonchev–Trinajstić information content (AvgIpc) is 3.20. The Hall–Kier alpha value is -3.94. The van der Waals surface area contributed by atoms with Gasteiger partial charge in [-0.15, -0.1) is 0 Å². The summed E-state index contributed by atoms with van der Waals surface area (Å²) in [6.07, 6.45) is -1.50. The smallest absolute Gasteiger partial charge is 0.306 e. The standard InChI is InChI=1S/C23H17F3N4O/c1-30-13-11-20(29-30)18-14-16(9-10-19(18)23(24,25)26)22(31)28-21-17(8-5-12-27-21)15-6-3-2-4-7-15/h2-14H,1H3,(H,27,28,31). The molecule has 0 spiro atoms. The molecular weight excluding hydrogens is 405 g/mol. The second-order valence-corrected chi connectivity index (χ2v) is 6.85. The minimum absolute atomic E-state index is 0.0679. The van der Waals surface area contributed by atoms with Crippen LogP contribution in [0.25, 0.3) is 22.4 Å². The third-order valence-corrected chi connectivity index (χ3v) is 4.70. The molecule has 5 nitrogen and oxygen atoms in total. The van der Waals surface area contributed by atoms with E-state index in [1.54, 1.807) is 19.3 Å². The number of nitrogens with one attached hydrogen (secondary N) is 1. The molecule has 0 bridgehead atoms. The van der Waals surface area contributed by atoms with Crippen LogP contribution < -0.4 is 5.32 Å². The number of benzene rings is 2. The van der Waals surface area contributed by atoms with Crippen molar-refractivity contribution in [1.82, 2.24) is 14.8 Å². The van der Waals surface area contributed by atoms with Crippen molar-refractivity contribution >= 4 is 11.7 Å². The summed E-state index contributed by atoms with van der Waals surface area (Å²) in [6, 6.07) is 17.6. The molecular formula is C23H17F3N4O. The van der Waals surface area contributed by atoms with Crippen LogP contribution in [-0.2, 0) is 13.2 Å². The lowest BCUT2D eigenvalue weighted by molar-refractivity contribution is -0.137. The Bertz CT molecular complexity index is 1230. The van der Waals surface area contributed by atoms with Gasteiger partial charge in [0.05, 0.1) is 11.3 Å². The van der Waals surface area contributed by atoms with E-state index in [4.69, 9.17) is 0 Å². The monoisotopic (exact) mass is 422 g/mol. The summed E-state index contributed by atoms with van der Waals surface area (Å²) in [5, 5.41) is 6.78. The molecule has 0 radical (unpaired) electrons. The molecule has 0 saturated heterocycles. The zero-order valence-electron chi connectivity index (χ0n) is 16.4. The highest BCUT2D eigenvalue weighted by molar-refractivity contribution is 6.06. The van der Waals surface area contributed by atoms with Crippen LogP contribution in [-0.4, -0.2) is 20.7 Å². The van der Waals surface area contributed by atoms with Gasteiger partial charge in [-0.2, -0.15) is 18.3 Å². The SMILES string of the molecule is Cn1ccc(-c2cc(C(=O)Nc3ncccc3-c3ccccc3)ccc2C(F)(F)F)n1. The lowest BCUT2D eigenvalue weighted by atomic mass is 10.00. The predicted molar refractivity (Wildman–Crippen MR) is 111 cm³/mol. The molecule has 0 atom stereocenters. The number of pyridine rings is 1. The van der Waals surface area contributed by atoms with Gasteiger partial charge < -0.3 is 5.32 Å². The topological polar surface area (TPSA) is 59.8 Å². The molecule has 8 heteroatoms. The van der Waals surface area contributed by atoms with Crippen molar-refractivity contribution in [2.24, 2.45) is 7.05 Å². The number of hydrogen-bond donors (Lipinski definition) is 1. The highest BCUT2D eigenvalue weighted by Crippen LogP contribution is 2.37. The maximum Gasteiger partial charge on any atom is 0.417 e. The molecule has 4 rings (SSSR count).